The number of pyridine rings is 1. The van der Waals surface area contributed by atoms with Crippen LogP contribution in [0.2, 0.25) is 0 Å². The minimum Gasteiger partial charge on any atom is -0.487 e. The molecule has 31 heavy (non-hydrogen) atoms. The number of nitrogens with zero attached hydrogens (tertiary/aromatic N) is 1. The molecule has 1 aliphatic carbocycles. The largest absolute Gasteiger partial charge is 0.487 e. The molecule has 1 heterocycles. The number of ether oxygens (including phenoxy) is 2. The molecule has 0 fully saturated rings. The van der Waals surface area contributed by atoms with Crippen LogP contribution in [0.1, 0.15) is 43.4 Å². The maximum Gasteiger partial charge on any atom is 0.331 e. The number of rotatable bonds is 10. The fourth-order valence-corrected chi connectivity index (χ4v) is 3.21. The van der Waals surface area contributed by atoms with Crippen molar-refractivity contribution in [1.29, 1.82) is 0 Å². The van der Waals surface area contributed by atoms with Gasteiger partial charge in [-0.15, -0.1) is 0 Å². The number of nitrogens with one attached hydrogen (secondary N) is 1. The van der Waals surface area contributed by atoms with Crippen molar-refractivity contribution in [2.45, 2.75) is 38.7 Å². The number of hydrogen-bond acceptors (Lipinski definition) is 5. The zero-order valence-corrected chi connectivity index (χ0v) is 17.6. The van der Waals surface area contributed by atoms with E-state index in [0.717, 1.165) is 30.5 Å². The normalized spacial score (nSPS) is 13.5. The smallest absolute Gasteiger partial charge is 0.331 e. The van der Waals surface area contributed by atoms with Gasteiger partial charge < -0.3 is 14.8 Å². The van der Waals surface area contributed by atoms with Gasteiger partial charge in [0.25, 0.3) is 5.91 Å². The van der Waals surface area contributed by atoms with E-state index in [0.29, 0.717) is 18.9 Å². The fourth-order valence-electron chi connectivity index (χ4n) is 3.21. The van der Waals surface area contributed by atoms with Gasteiger partial charge in [-0.25, -0.2) is 4.79 Å². The minimum absolute atomic E-state index is 0.275. The Morgan fingerprint density at radius 1 is 1.10 bits per heavy atom. The lowest BCUT2D eigenvalue weighted by Gasteiger charge is -2.12. The molecule has 6 nitrogen and oxygen atoms in total. The van der Waals surface area contributed by atoms with E-state index in [1.165, 1.54) is 24.5 Å². The van der Waals surface area contributed by atoms with E-state index in [1.807, 2.05) is 42.5 Å². The van der Waals surface area contributed by atoms with Crippen LogP contribution in [-0.2, 0) is 20.9 Å². The van der Waals surface area contributed by atoms with Gasteiger partial charge in [-0.1, -0.05) is 29.8 Å². The maximum absolute atomic E-state index is 11.8. The summed E-state index contributed by atoms with van der Waals surface area (Å²) >= 11 is 0. The molecule has 1 amide bonds. The molecule has 0 bridgehead atoms. The highest BCUT2D eigenvalue weighted by molar-refractivity contribution is 5.89. The molecule has 0 saturated carbocycles. The Morgan fingerprint density at radius 2 is 1.97 bits per heavy atom. The third kappa shape index (κ3) is 8.46. The average molecular weight is 421 g/mol. The van der Waals surface area contributed by atoms with Crippen molar-refractivity contribution in [1.82, 2.24) is 10.3 Å². The number of benzene rings is 1. The van der Waals surface area contributed by atoms with Gasteiger partial charge in [0, 0.05) is 18.8 Å². The van der Waals surface area contributed by atoms with Crippen LogP contribution in [0.5, 0.6) is 5.75 Å². The first kappa shape index (κ1) is 22.3. The van der Waals surface area contributed by atoms with Crippen LogP contribution in [0.3, 0.4) is 0 Å². The van der Waals surface area contributed by atoms with Gasteiger partial charge >= 0.3 is 5.97 Å². The molecule has 6 heteroatoms. The number of allylic oxidation sites excluding steroid dienone is 1. The van der Waals surface area contributed by atoms with Crippen LogP contribution < -0.4 is 10.1 Å². The molecule has 1 aliphatic rings. The van der Waals surface area contributed by atoms with Gasteiger partial charge in [-0.05, 0) is 68.0 Å². The van der Waals surface area contributed by atoms with E-state index in [4.69, 9.17) is 9.47 Å². The number of hydrogen-bond donors (Lipinski definition) is 1. The van der Waals surface area contributed by atoms with E-state index in [1.54, 1.807) is 12.3 Å². The highest BCUT2D eigenvalue weighted by Crippen LogP contribution is 2.19. The summed E-state index contributed by atoms with van der Waals surface area (Å²) in [5.41, 5.74) is 3.08. The molecule has 0 aliphatic heterocycles. The van der Waals surface area contributed by atoms with E-state index >= 15 is 0 Å². The lowest BCUT2D eigenvalue weighted by molar-refractivity contribution is -0.143. The third-order valence-corrected chi connectivity index (χ3v) is 4.90. The quantitative estimate of drug-likeness (QED) is 0.354. The first-order valence-electron chi connectivity index (χ1n) is 10.6. The standard InChI is InChI=1S/C25H28N2O4/c28-24(27-17-15-20-6-2-1-3-7-20)19-31-25(29)14-11-21-9-12-23(13-10-21)30-18-22-8-4-5-16-26-22/h4-6,8-14,16H,1-3,7,15,17-19H2,(H,27,28)/b14-11+. The van der Waals surface area contributed by atoms with Crippen molar-refractivity contribution < 1.29 is 19.1 Å². The molecule has 2 aromatic rings. The van der Waals surface area contributed by atoms with Crippen molar-refractivity contribution in [2.24, 2.45) is 0 Å². The van der Waals surface area contributed by atoms with Gasteiger partial charge in [0.2, 0.25) is 0 Å². The summed E-state index contributed by atoms with van der Waals surface area (Å²) < 4.78 is 10.7. The van der Waals surface area contributed by atoms with Crippen LogP contribution in [0.15, 0.2) is 66.4 Å². The van der Waals surface area contributed by atoms with E-state index in [-0.39, 0.29) is 12.5 Å². The lowest BCUT2D eigenvalue weighted by atomic mass is 9.97. The molecule has 0 radical (unpaired) electrons. The highest BCUT2D eigenvalue weighted by Gasteiger charge is 2.07. The number of aromatic nitrogens is 1. The Bertz CT molecular complexity index is 905. The van der Waals surface area contributed by atoms with Gasteiger partial charge in [-0.3, -0.25) is 9.78 Å². The summed E-state index contributed by atoms with van der Waals surface area (Å²) in [6, 6.07) is 13.0. The van der Waals surface area contributed by atoms with Gasteiger partial charge in [0.1, 0.15) is 12.4 Å². The molecule has 0 unspecified atom stereocenters. The first-order valence-corrected chi connectivity index (χ1v) is 10.6. The summed E-state index contributed by atoms with van der Waals surface area (Å²) in [7, 11) is 0. The van der Waals surface area contributed by atoms with Crippen molar-refractivity contribution in [2.75, 3.05) is 13.2 Å². The Balaban J connectivity index is 1.33. The SMILES string of the molecule is O=C(COC(=O)/C=C/c1ccc(OCc2ccccn2)cc1)NCCC1=CCCCC1. The van der Waals surface area contributed by atoms with Crippen molar-refractivity contribution >= 4 is 18.0 Å². The predicted molar refractivity (Wildman–Crippen MR) is 119 cm³/mol. The van der Waals surface area contributed by atoms with Crippen LogP contribution in [0.4, 0.5) is 0 Å². The maximum atomic E-state index is 11.8. The molecular weight excluding hydrogens is 392 g/mol. The third-order valence-electron chi connectivity index (χ3n) is 4.90. The highest BCUT2D eigenvalue weighted by atomic mass is 16.5. The molecule has 1 aromatic carbocycles. The summed E-state index contributed by atoms with van der Waals surface area (Å²) in [6.07, 6.45) is 12.5. The molecule has 1 aromatic heterocycles. The number of esters is 1. The summed E-state index contributed by atoms with van der Waals surface area (Å²) in [6.45, 7) is 0.692. The zero-order valence-electron chi connectivity index (χ0n) is 17.6. The Hall–Kier alpha value is -3.41. The van der Waals surface area contributed by atoms with Gasteiger partial charge in [0.15, 0.2) is 6.61 Å². The average Bonchev–Trinajstić information content (AvgIpc) is 2.82. The van der Waals surface area contributed by atoms with Gasteiger partial charge in [-0.2, -0.15) is 0 Å². The monoisotopic (exact) mass is 420 g/mol. The summed E-state index contributed by atoms with van der Waals surface area (Å²) in [5.74, 6) is -0.126. The zero-order chi connectivity index (χ0) is 21.7. The number of carbonyl (C=O) groups excluding carboxylic acids is 2. The predicted octanol–water partition coefficient (Wildman–Crippen LogP) is 4.22. The van der Waals surface area contributed by atoms with E-state index in [2.05, 4.69) is 16.4 Å². The van der Waals surface area contributed by atoms with Crippen LogP contribution >= 0.6 is 0 Å². The second-order valence-electron chi connectivity index (χ2n) is 7.33. The molecular formula is C25H28N2O4. The number of amides is 1. The molecule has 0 atom stereocenters. The fraction of sp³-hybridized carbons (Fsp3) is 0.320. The van der Waals surface area contributed by atoms with Crippen LogP contribution in [0.25, 0.3) is 6.08 Å². The van der Waals surface area contributed by atoms with Crippen molar-refractivity contribution in [3.63, 3.8) is 0 Å². The Morgan fingerprint density at radius 3 is 2.71 bits per heavy atom. The van der Waals surface area contributed by atoms with Crippen LogP contribution in [-0.4, -0.2) is 30.0 Å². The summed E-state index contributed by atoms with van der Waals surface area (Å²) in [5, 5.41) is 2.79. The second-order valence-corrected chi connectivity index (χ2v) is 7.33. The summed E-state index contributed by atoms with van der Waals surface area (Å²) in [4.78, 5) is 27.9. The molecule has 0 spiro atoms. The minimum atomic E-state index is -0.555. The number of carbonyl (C=O) groups is 2. The lowest BCUT2D eigenvalue weighted by Crippen LogP contribution is -2.29. The van der Waals surface area contributed by atoms with E-state index < -0.39 is 5.97 Å². The van der Waals surface area contributed by atoms with E-state index in [9.17, 15) is 9.59 Å². The van der Waals surface area contributed by atoms with Crippen molar-refractivity contribution in [3.05, 3.63) is 77.6 Å². The Labute approximate surface area is 183 Å². The van der Waals surface area contributed by atoms with Crippen LogP contribution in [0, 0.1) is 0 Å². The second kappa shape index (κ2) is 12.3. The topological polar surface area (TPSA) is 77.5 Å². The molecule has 0 saturated heterocycles. The molecule has 162 valence electrons. The first-order chi connectivity index (χ1) is 15.2. The molecule has 3 rings (SSSR count). The van der Waals surface area contributed by atoms with Gasteiger partial charge in [0.05, 0.1) is 5.69 Å². The van der Waals surface area contributed by atoms with Crippen molar-refractivity contribution in [3.8, 4) is 5.75 Å². The Kier molecular flexibility index (Phi) is 8.86. The molecule has 1 N–H and O–H groups in total.